The maximum atomic E-state index is 9.34. The van der Waals surface area contributed by atoms with Gasteiger partial charge in [-0.25, -0.2) is 0 Å². The summed E-state index contributed by atoms with van der Waals surface area (Å²) in [4.78, 5) is 2.31. The Labute approximate surface area is 116 Å². The van der Waals surface area contributed by atoms with Crippen molar-refractivity contribution in [1.82, 2.24) is 0 Å². The first-order chi connectivity index (χ1) is 9.20. The second-order valence-electron chi connectivity index (χ2n) is 4.64. The Morgan fingerprint density at radius 2 is 1.68 bits per heavy atom. The minimum Gasteiger partial charge on any atom is -0.192 e. The number of nitrogens with zero attached hydrogens (tertiary/aromatic N) is 1. The standard InChI is InChI=1S/C17H13NS/c1-11-16(10-18)17(12(2)19-11)15-8-7-13-5-3-4-6-14(13)9-15/h3-9H,1-2H3. The smallest absolute Gasteiger partial charge is 0.101 e. The SMILES string of the molecule is Cc1sc(C)c(-c2ccc3ccccc3c2)c1C#N. The third-order valence-corrected chi connectivity index (χ3v) is 4.43. The molecule has 0 fully saturated rings. The summed E-state index contributed by atoms with van der Waals surface area (Å²) in [5.41, 5.74) is 3.05. The van der Waals surface area contributed by atoms with E-state index < -0.39 is 0 Å². The summed E-state index contributed by atoms with van der Waals surface area (Å²) in [6.07, 6.45) is 0. The Morgan fingerprint density at radius 1 is 0.947 bits per heavy atom. The summed E-state index contributed by atoms with van der Waals surface area (Å²) in [5, 5.41) is 11.8. The lowest BCUT2D eigenvalue weighted by molar-refractivity contribution is 1.46. The zero-order valence-electron chi connectivity index (χ0n) is 10.9. The van der Waals surface area contributed by atoms with Gasteiger partial charge in [0, 0.05) is 15.3 Å². The predicted molar refractivity (Wildman–Crippen MR) is 81.5 cm³/mol. The Kier molecular flexibility index (Phi) is 2.85. The molecule has 1 heterocycles. The zero-order chi connectivity index (χ0) is 13.4. The Hall–Kier alpha value is -2.11. The van der Waals surface area contributed by atoms with Crippen LogP contribution < -0.4 is 0 Å². The number of fused-ring (bicyclic) bond motifs is 1. The van der Waals surface area contributed by atoms with E-state index in [0.29, 0.717) is 0 Å². The second kappa shape index (κ2) is 4.53. The Morgan fingerprint density at radius 3 is 2.42 bits per heavy atom. The van der Waals surface area contributed by atoms with Gasteiger partial charge in [-0.3, -0.25) is 0 Å². The quantitative estimate of drug-likeness (QED) is 0.602. The van der Waals surface area contributed by atoms with Gasteiger partial charge in [0.25, 0.3) is 0 Å². The molecular weight excluding hydrogens is 250 g/mol. The summed E-state index contributed by atoms with van der Waals surface area (Å²) in [6, 6.07) is 17.1. The monoisotopic (exact) mass is 263 g/mol. The molecule has 1 aromatic heterocycles. The molecule has 0 amide bonds. The van der Waals surface area contributed by atoms with Crippen LogP contribution in [0.1, 0.15) is 15.3 Å². The molecule has 0 saturated carbocycles. The molecule has 3 rings (SSSR count). The van der Waals surface area contributed by atoms with Crippen molar-refractivity contribution < 1.29 is 0 Å². The molecule has 0 aliphatic rings. The molecule has 0 aliphatic carbocycles. The molecule has 19 heavy (non-hydrogen) atoms. The largest absolute Gasteiger partial charge is 0.192 e. The van der Waals surface area contributed by atoms with Gasteiger partial charge in [0.05, 0.1) is 5.56 Å². The van der Waals surface area contributed by atoms with Crippen molar-refractivity contribution in [2.45, 2.75) is 13.8 Å². The van der Waals surface area contributed by atoms with Crippen LogP contribution in [0.2, 0.25) is 0 Å². The second-order valence-corrected chi connectivity index (χ2v) is 6.07. The molecule has 0 unspecified atom stereocenters. The summed E-state index contributed by atoms with van der Waals surface area (Å²) >= 11 is 1.70. The molecule has 1 nitrogen and oxygen atoms in total. The minimum atomic E-state index is 0.817. The molecule has 3 aromatic rings. The van der Waals surface area contributed by atoms with Gasteiger partial charge in [0.1, 0.15) is 6.07 Å². The average Bonchev–Trinajstić information content (AvgIpc) is 2.72. The van der Waals surface area contributed by atoms with E-state index in [1.54, 1.807) is 11.3 Å². The van der Waals surface area contributed by atoms with Crippen molar-refractivity contribution in [2.75, 3.05) is 0 Å². The minimum absolute atomic E-state index is 0.817. The highest BCUT2D eigenvalue weighted by molar-refractivity contribution is 7.12. The molecule has 2 aromatic carbocycles. The maximum absolute atomic E-state index is 9.34. The van der Waals surface area contributed by atoms with Gasteiger partial charge in [-0.2, -0.15) is 5.26 Å². The van der Waals surface area contributed by atoms with Gasteiger partial charge in [-0.1, -0.05) is 36.4 Å². The first-order valence-corrected chi connectivity index (χ1v) is 7.01. The molecule has 0 saturated heterocycles. The van der Waals surface area contributed by atoms with Gasteiger partial charge in [0.15, 0.2) is 0 Å². The Balaban J connectivity index is 2.28. The number of hydrogen-bond acceptors (Lipinski definition) is 2. The van der Waals surface area contributed by atoms with Gasteiger partial charge >= 0.3 is 0 Å². The van der Waals surface area contributed by atoms with Crippen molar-refractivity contribution in [2.24, 2.45) is 0 Å². The number of rotatable bonds is 1. The van der Waals surface area contributed by atoms with Crippen molar-refractivity contribution in [3.05, 3.63) is 57.8 Å². The fraction of sp³-hybridized carbons (Fsp3) is 0.118. The van der Waals surface area contributed by atoms with Crippen molar-refractivity contribution in [3.8, 4) is 17.2 Å². The van der Waals surface area contributed by atoms with Gasteiger partial charge in [-0.05, 0) is 36.2 Å². The normalized spacial score (nSPS) is 10.6. The van der Waals surface area contributed by atoms with E-state index in [1.165, 1.54) is 15.6 Å². The summed E-state index contributed by atoms with van der Waals surface area (Å²) in [7, 11) is 0. The molecule has 0 spiro atoms. The first-order valence-electron chi connectivity index (χ1n) is 6.20. The van der Waals surface area contributed by atoms with E-state index in [4.69, 9.17) is 0 Å². The highest BCUT2D eigenvalue weighted by Gasteiger charge is 2.14. The van der Waals surface area contributed by atoms with E-state index >= 15 is 0 Å². The van der Waals surface area contributed by atoms with Crippen molar-refractivity contribution in [1.29, 1.82) is 5.26 Å². The van der Waals surface area contributed by atoms with Crippen LogP contribution in [-0.2, 0) is 0 Å². The lowest BCUT2D eigenvalue weighted by atomic mass is 9.98. The number of hydrogen-bond donors (Lipinski definition) is 0. The molecular formula is C17H13NS. The van der Waals surface area contributed by atoms with E-state index in [-0.39, 0.29) is 0 Å². The van der Waals surface area contributed by atoms with Crippen LogP contribution in [0.3, 0.4) is 0 Å². The van der Waals surface area contributed by atoms with Crippen LogP contribution in [0.25, 0.3) is 21.9 Å². The predicted octanol–water partition coefficient (Wildman–Crippen LogP) is 5.06. The zero-order valence-corrected chi connectivity index (χ0v) is 11.7. The fourth-order valence-electron chi connectivity index (χ4n) is 2.51. The summed E-state index contributed by atoms with van der Waals surface area (Å²) < 4.78 is 0. The van der Waals surface area contributed by atoms with E-state index in [0.717, 1.165) is 21.6 Å². The number of benzene rings is 2. The lowest BCUT2D eigenvalue weighted by Gasteiger charge is -2.04. The van der Waals surface area contributed by atoms with Gasteiger partial charge < -0.3 is 0 Å². The fourth-order valence-corrected chi connectivity index (χ4v) is 3.54. The van der Waals surface area contributed by atoms with E-state index in [9.17, 15) is 5.26 Å². The summed E-state index contributed by atoms with van der Waals surface area (Å²) in [6.45, 7) is 4.10. The Bertz CT molecular complexity index is 806. The molecule has 0 atom stereocenters. The molecule has 0 N–H and O–H groups in total. The molecule has 2 heteroatoms. The number of aryl methyl sites for hydroxylation is 2. The van der Waals surface area contributed by atoms with Crippen LogP contribution in [0, 0.1) is 25.2 Å². The molecule has 92 valence electrons. The van der Waals surface area contributed by atoms with E-state index in [2.05, 4.69) is 43.3 Å². The van der Waals surface area contributed by atoms with E-state index in [1.807, 2.05) is 19.1 Å². The lowest BCUT2D eigenvalue weighted by Crippen LogP contribution is -1.83. The molecule has 0 radical (unpaired) electrons. The van der Waals surface area contributed by atoms with Crippen LogP contribution in [0.5, 0.6) is 0 Å². The third kappa shape index (κ3) is 1.93. The van der Waals surface area contributed by atoms with Crippen LogP contribution in [0.15, 0.2) is 42.5 Å². The highest BCUT2D eigenvalue weighted by atomic mass is 32.1. The maximum Gasteiger partial charge on any atom is 0.101 e. The van der Waals surface area contributed by atoms with Crippen molar-refractivity contribution >= 4 is 22.1 Å². The topological polar surface area (TPSA) is 23.8 Å². The van der Waals surface area contributed by atoms with Gasteiger partial charge in [-0.15, -0.1) is 11.3 Å². The number of thiophene rings is 1. The van der Waals surface area contributed by atoms with Crippen LogP contribution >= 0.6 is 11.3 Å². The highest BCUT2D eigenvalue weighted by Crippen LogP contribution is 2.36. The average molecular weight is 263 g/mol. The summed E-state index contributed by atoms with van der Waals surface area (Å²) in [5.74, 6) is 0. The number of nitriles is 1. The molecule has 0 bridgehead atoms. The third-order valence-electron chi connectivity index (χ3n) is 3.41. The van der Waals surface area contributed by atoms with Crippen molar-refractivity contribution in [3.63, 3.8) is 0 Å². The van der Waals surface area contributed by atoms with Gasteiger partial charge in [0.2, 0.25) is 0 Å². The molecule has 0 aliphatic heterocycles. The van der Waals surface area contributed by atoms with Crippen LogP contribution in [0.4, 0.5) is 0 Å². The van der Waals surface area contributed by atoms with Crippen LogP contribution in [-0.4, -0.2) is 0 Å². The first kappa shape index (κ1) is 12.0.